The number of fused-ring (bicyclic) bond motifs is 1. The molecular weight excluding hydrogens is 624 g/mol. The zero-order chi connectivity index (χ0) is 34.0. The number of hydrogen-bond acceptors (Lipinski definition) is 8. The third-order valence-electron chi connectivity index (χ3n) is 7.11. The van der Waals surface area contributed by atoms with Crippen LogP contribution in [0.5, 0.6) is 28.7 Å². The fraction of sp³-hybridized carbons (Fsp3) is 0.152. The highest BCUT2D eigenvalue weighted by molar-refractivity contribution is 6.04. The molecule has 0 aliphatic carbocycles. The van der Waals surface area contributed by atoms with Gasteiger partial charge in [0.25, 0.3) is 11.5 Å². The molecule has 1 N–H and O–H groups in total. The minimum Gasteiger partial charge on any atom is -0.495 e. The summed E-state index contributed by atoms with van der Waals surface area (Å²) in [6, 6.07) is 13.7. The van der Waals surface area contributed by atoms with Crippen molar-refractivity contribution in [3.05, 3.63) is 105 Å². The molecule has 1 amide bonds. The first-order chi connectivity index (χ1) is 22.4. The Morgan fingerprint density at radius 3 is 2.23 bits per heavy atom. The maximum absolute atomic E-state index is 15.2. The molecule has 240 valence electrons. The van der Waals surface area contributed by atoms with Crippen LogP contribution in [0.4, 0.5) is 23.2 Å². The Kier molecular flexibility index (Phi) is 8.74. The molecule has 0 aliphatic heterocycles. The third-order valence-corrected chi connectivity index (χ3v) is 7.11. The predicted molar refractivity (Wildman–Crippen MR) is 162 cm³/mol. The minimum absolute atomic E-state index is 0.0933. The van der Waals surface area contributed by atoms with Crippen molar-refractivity contribution in [2.24, 2.45) is 0 Å². The van der Waals surface area contributed by atoms with Crippen molar-refractivity contribution in [2.75, 3.05) is 26.6 Å². The number of ether oxygens (including phenoxy) is 4. The number of aryl methyl sites for hydroxylation is 1. The Bertz CT molecular complexity index is 2140. The molecule has 0 bridgehead atoms. The lowest BCUT2D eigenvalue weighted by Crippen LogP contribution is -2.33. The average molecular weight is 649 g/mol. The molecule has 0 atom stereocenters. The largest absolute Gasteiger partial charge is 0.495 e. The second kappa shape index (κ2) is 12.7. The summed E-state index contributed by atoms with van der Waals surface area (Å²) in [6.45, 7) is 1.42. The highest BCUT2D eigenvalue weighted by Crippen LogP contribution is 2.38. The minimum atomic E-state index is -5.00. The van der Waals surface area contributed by atoms with Gasteiger partial charge in [0.2, 0.25) is 0 Å². The van der Waals surface area contributed by atoms with Gasteiger partial charge >= 0.3 is 6.18 Å². The lowest BCUT2D eigenvalue weighted by atomic mass is 10.1. The van der Waals surface area contributed by atoms with E-state index in [1.54, 1.807) is 12.1 Å². The number of nitrogens with zero attached hydrogens (tertiary/aromatic N) is 3. The Balaban J connectivity index is 1.47. The van der Waals surface area contributed by atoms with Gasteiger partial charge in [0.1, 0.15) is 28.8 Å². The lowest BCUT2D eigenvalue weighted by molar-refractivity contribution is -0.142. The van der Waals surface area contributed by atoms with E-state index in [2.05, 4.69) is 10.3 Å². The molecule has 0 fully saturated rings. The number of rotatable bonds is 8. The van der Waals surface area contributed by atoms with Crippen LogP contribution in [-0.4, -0.2) is 36.8 Å². The van der Waals surface area contributed by atoms with Crippen molar-refractivity contribution >= 4 is 22.5 Å². The van der Waals surface area contributed by atoms with Gasteiger partial charge in [-0.1, -0.05) is 0 Å². The van der Waals surface area contributed by atoms with Crippen LogP contribution in [0.1, 0.15) is 27.2 Å². The fourth-order valence-corrected chi connectivity index (χ4v) is 4.85. The van der Waals surface area contributed by atoms with Crippen LogP contribution in [0.25, 0.3) is 16.6 Å². The molecule has 5 aromatic rings. The van der Waals surface area contributed by atoms with Crippen molar-refractivity contribution in [1.29, 1.82) is 5.26 Å². The summed E-state index contributed by atoms with van der Waals surface area (Å²) in [4.78, 5) is 30.9. The topological polar surface area (TPSA) is 125 Å². The Morgan fingerprint density at radius 1 is 0.894 bits per heavy atom. The highest BCUT2D eigenvalue weighted by atomic mass is 19.4. The molecule has 3 aromatic carbocycles. The number of benzene rings is 3. The quantitative estimate of drug-likeness (QED) is 0.182. The summed E-state index contributed by atoms with van der Waals surface area (Å²) in [5.74, 6) is -1.05. The van der Waals surface area contributed by atoms with Gasteiger partial charge in [-0.15, -0.1) is 0 Å². The Labute approximate surface area is 264 Å². The molecule has 0 spiro atoms. The molecule has 0 radical (unpaired) electrons. The number of carbonyl (C=O) groups is 1. The molecule has 5 rings (SSSR count). The van der Waals surface area contributed by atoms with E-state index in [1.165, 1.54) is 58.7 Å². The van der Waals surface area contributed by atoms with E-state index in [4.69, 9.17) is 18.9 Å². The summed E-state index contributed by atoms with van der Waals surface area (Å²) in [5, 5.41) is 12.3. The second-order valence-corrected chi connectivity index (χ2v) is 9.96. The van der Waals surface area contributed by atoms with E-state index in [1.807, 2.05) is 6.07 Å². The number of halogens is 4. The Morgan fingerprint density at radius 2 is 1.60 bits per heavy atom. The summed E-state index contributed by atoms with van der Waals surface area (Å²) < 4.78 is 79.1. The number of alkyl halides is 3. The van der Waals surface area contributed by atoms with Crippen LogP contribution >= 0.6 is 0 Å². The van der Waals surface area contributed by atoms with Gasteiger partial charge in [0.05, 0.1) is 38.1 Å². The molecule has 2 heterocycles. The van der Waals surface area contributed by atoms with Crippen LogP contribution in [0, 0.1) is 24.1 Å². The van der Waals surface area contributed by atoms with Gasteiger partial charge in [-0.2, -0.15) is 18.4 Å². The van der Waals surface area contributed by atoms with E-state index in [0.29, 0.717) is 33.0 Å². The molecule has 0 unspecified atom stereocenters. The second-order valence-electron chi connectivity index (χ2n) is 9.96. The number of pyridine rings is 2. The zero-order valence-corrected chi connectivity index (χ0v) is 25.2. The fourth-order valence-electron chi connectivity index (χ4n) is 4.85. The number of carbonyl (C=O) groups excluding carboxylic acids is 1. The molecular formula is C33H24F4N4O6. The van der Waals surface area contributed by atoms with E-state index >= 15 is 4.39 Å². The molecule has 10 nitrogen and oxygen atoms in total. The normalized spacial score (nSPS) is 11.1. The number of nitrogens with one attached hydrogen (secondary N) is 1. The van der Waals surface area contributed by atoms with E-state index in [0.717, 1.165) is 18.2 Å². The number of nitriles is 1. The maximum atomic E-state index is 15.2. The van der Waals surface area contributed by atoms with E-state index < -0.39 is 34.7 Å². The third kappa shape index (κ3) is 6.23. The van der Waals surface area contributed by atoms with E-state index in [-0.39, 0.29) is 39.8 Å². The molecule has 14 heteroatoms. The lowest BCUT2D eigenvalue weighted by Gasteiger charge is -2.19. The number of hydrogen-bond donors (Lipinski definition) is 1. The van der Waals surface area contributed by atoms with Crippen LogP contribution in [0.3, 0.4) is 0 Å². The maximum Gasteiger partial charge on any atom is 0.431 e. The van der Waals surface area contributed by atoms with Crippen LogP contribution in [-0.2, 0) is 6.18 Å². The van der Waals surface area contributed by atoms with Gasteiger partial charge in [-0.05, 0) is 61.0 Å². The van der Waals surface area contributed by atoms with Gasteiger partial charge in [-0.3, -0.25) is 19.1 Å². The SMILES string of the molecule is COc1cc(C)c(-n2c(C(F)(F)F)ccc(C(=O)Nc3ccc(Oc4ccnc5cc(OC)c(OC)cc45)c(F)c3)c2=O)cc1C#N. The number of aromatic nitrogens is 2. The highest BCUT2D eigenvalue weighted by Gasteiger charge is 2.36. The van der Waals surface area contributed by atoms with Crippen molar-refractivity contribution in [2.45, 2.75) is 13.1 Å². The van der Waals surface area contributed by atoms with Gasteiger partial charge in [0.15, 0.2) is 23.1 Å². The number of amides is 1. The molecule has 0 saturated heterocycles. The monoisotopic (exact) mass is 648 g/mol. The van der Waals surface area contributed by atoms with Gasteiger partial charge < -0.3 is 24.3 Å². The van der Waals surface area contributed by atoms with Crippen LogP contribution in [0.15, 0.2) is 71.7 Å². The summed E-state index contributed by atoms with van der Waals surface area (Å²) >= 11 is 0. The Hall–Kier alpha value is -6.10. The van der Waals surface area contributed by atoms with Crippen molar-refractivity contribution in [3.63, 3.8) is 0 Å². The first-order valence-corrected chi connectivity index (χ1v) is 13.6. The smallest absolute Gasteiger partial charge is 0.431 e. The molecule has 0 aliphatic rings. The summed E-state index contributed by atoms with van der Waals surface area (Å²) in [5.41, 5.74) is -3.20. The van der Waals surface area contributed by atoms with Crippen molar-refractivity contribution in [3.8, 4) is 40.5 Å². The summed E-state index contributed by atoms with van der Waals surface area (Å²) in [6.07, 6.45) is -3.54. The van der Waals surface area contributed by atoms with Gasteiger partial charge in [-0.25, -0.2) is 4.39 Å². The van der Waals surface area contributed by atoms with Gasteiger partial charge in [0, 0.05) is 29.4 Å². The first kappa shape index (κ1) is 32.3. The molecule has 0 saturated carbocycles. The first-order valence-electron chi connectivity index (χ1n) is 13.6. The molecule has 2 aromatic heterocycles. The van der Waals surface area contributed by atoms with Crippen LogP contribution in [0.2, 0.25) is 0 Å². The van der Waals surface area contributed by atoms with E-state index in [9.17, 15) is 28.0 Å². The van der Waals surface area contributed by atoms with Crippen molar-refractivity contribution < 1.29 is 41.3 Å². The number of methoxy groups -OCH3 is 3. The molecule has 47 heavy (non-hydrogen) atoms. The number of anilines is 1. The summed E-state index contributed by atoms with van der Waals surface area (Å²) in [7, 11) is 4.21. The van der Waals surface area contributed by atoms with Crippen molar-refractivity contribution in [1.82, 2.24) is 9.55 Å². The zero-order valence-electron chi connectivity index (χ0n) is 25.2. The standard InChI is InChI=1S/C33H24F4N4O6/c1-17-11-27(44-2)18(16-38)12-24(17)41-30(33(35,36)37)8-6-20(32(41)43)31(42)40-19-5-7-26(22(34)13-19)47-25-9-10-39-23-15-29(46-4)28(45-3)14-21(23)25/h5-15H,1-4H3,(H,40,42). The average Bonchev–Trinajstić information content (AvgIpc) is 3.04. The predicted octanol–water partition coefficient (Wildman–Crippen LogP) is 6.79. The van der Waals surface area contributed by atoms with Crippen LogP contribution < -0.4 is 29.8 Å².